The van der Waals surface area contributed by atoms with Gasteiger partial charge in [0.25, 0.3) is 5.91 Å². The molecular weight excluding hydrogens is 338 g/mol. The molecule has 2 aromatic carbocycles. The lowest BCUT2D eigenvalue weighted by Crippen LogP contribution is -2.29. The zero-order chi connectivity index (χ0) is 18.5. The number of aliphatic carboxylic acids is 1. The molecule has 1 aliphatic heterocycles. The van der Waals surface area contributed by atoms with Gasteiger partial charge in [0.2, 0.25) is 0 Å². The number of amides is 1. The van der Waals surface area contributed by atoms with E-state index in [0.29, 0.717) is 35.8 Å². The van der Waals surface area contributed by atoms with Crippen LogP contribution in [-0.2, 0) is 14.3 Å². The smallest absolute Gasteiger partial charge is 0.332 e. The van der Waals surface area contributed by atoms with Gasteiger partial charge in [0.15, 0.2) is 6.10 Å². The van der Waals surface area contributed by atoms with Gasteiger partial charge in [0, 0.05) is 11.8 Å². The van der Waals surface area contributed by atoms with E-state index in [1.54, 1.807) is 37.4 Å². The second-order valence-corrected chi connectivity index (χ2v) is 5.82. The molecule has 1 aliphatic rings. The minimum absolute atomic E-state index is 0.334. The van der Waals surface area contributed by atoms with Gasteiger partial charge in [-0.25, -0.2) is 4.79 Å². The first kappa shape index (κ1) is 17.8. The number of carbonyl (C=O) groups excluding carboxylic acids is 1. The molecule has 1 amide bonds. The molecule has 0 aromatic heterocycles. The summed E-state index contributed by atoms with van der Waals surface area (Å²) in [4.78, 5) is 23.0. The Kier molecular flexibility index (Phi) is 5.38. The molecule has 0 radical (unpaired) electrons. The lowest BCUT2D eigenvalue weighted by atomic mass is 10.2. The highest BCUT2D eigenvalue weighted by Crippen LogP contribution is 2.26. The van der Waals surface area contributed by atoms with Gasteiger partial charge in [-0.3, -0.25) is 4.79 Å². The monoisotopic (exact) mass is 357 g/mol. The minimum Gasteiger partial charge on any atom is -0.497 e. The molecule has 0 bridgehead atoms. The van der Waals surface area contributed by atoms with E-state index in [9.17, 15) is 9.59 Å². The number of benzene rings is 2. The summed E-state index contributed by atoms with van der Waals surface area (Å²) >= 11 is 0. The van der Waals surface area contributed by atoms with E-state index in [1.807, 2.05) is 18.2 Å². The van der Waals surface area contributed by atoms with E-state index in [1.165, 1.54) is 0 Å². The summed E-state index contributed by atoms with van der Waals surface area (Å²) in [6.45, 7) is 0. The van der Waals surface area contributed by atoms with E-state index in [4.69, 9.17) is 19.3 Å². The van der Waals surface area contributed by atoms with Crippen molar-refractivity contribution in [3.05, 3.63) is 48.5 Å². The highest BCUT2D eigenvalue weighted by molar-refractivity contribution is 5.94. The zero-order valence-corrected chi connectivity index (χ0v) is 14.2. The molecule has 2 N–H and O–H groups in total. The Labute approximate surface area is 150 Å². The maximum Gasteiger partial charge on any atom is 0.332 e. The molecule has 0 saturated carbocycles. The first-order valence-electron chi connectivity index (χ1n) is 8.16. The van der Waals surface area contributed by atoms with Gasteiger partial charge in [-0.2, -0.15) is 0 Å². The van der Waals surface area contributed by atoms with Crippen molar-refractivity contribution < 1.29 is 28.9 Å². The number of anilines is 1. The van der Waals surface area contributed by atoms with Crippen molar-refractivity contribution in [2.24, 2.45) is 0 Å². The molecule has 2 aromatic rings. The summed E-state index contributed by atoms with van der Waals surface area (Å²) < 4.78 is 16.1. The predicted molar refractivity (Wildman–Crippen MR) is 93.7 cm³/mol. The Bertz CT molecular complexity index is 789. The maximum atomic E-state index is 12.2. The van der Waals surface area contributed by atoms with Crippen LogP contribution in [-0.4, -0.2) is 36.3 Å². The van der Waals surface area contributed by atoms with E-state index in [-0.39, 0.29) is 5.91 Å². The Morgan fingerprint density at radius 2 is 1.73 bits per heavy atom. The van der Waals surface area contributed by atoms with Gasteiger partial charge < -0.3 is 24.6 Å². The molecule has 0 spiro atoms. The Morgan fingerprint density at radius 3 is 2.38 bits per heavy atom. The van der Waals surface area contributed by atoms with Crippen LogP contribution in [0.3, 0.4) is 0 Å². The normalized spacial score (nSPS) is 19.0. The van der Waals surface area contributed by atoms with Crippen LogP contribution in [0.1, 0.15) is 12.8 Å². The van der Waals surface area contributed by atoms with Gasteiger partial charge in [0.05, 0.1) is 7.11 Å². The van der Waals surface area contributed by atoms with Crippen molar-refractivity contribution in [2.75, 3.05) is 12.4 Å². The fourth-order valence-electron chi connectivity index (χ4n) is 2.64. The number of carboxylic acid groups (broad SMARTS) is 1. The molecule has 0 aliphatic carbocycles. The third kappa shape index (κ3) is 4.31. The van der Waals surface area contributed by atoms with E-state index in [2.05, 4.69) is 5.32 Å². The Morgan fingerprint density at radius 1 is 1.04 bits per heavy atom. The predicted octanol–water partition coefficient (Wildman–Crippen LogP) is 3.06. The van der Waals surface area contributed by atoms with Crippen LogP contribution in [0.5, 0.6) is 17.2 Å². The number of hydrogen-bond acceptors (Lipinski definition) is 5. The fraction of sp³-hybridized carbons (Fsp3) is 0.263. The van der Waals surface area contributed by atoms with Crippen molar-refractivity contribution >= 4 is 17.6 Å². The second kappa shape index (κ2) is 7.88. The number of rotatable bonds is 6. The van der Waals surface area contributed by atoms with Crippen LogP contribution in [0.4, 0.5) is 5.69 Å². The standard InChI is InChI=1S/C19H19NO6/c1-24-14-3-2-4-15(11-14)25-13-7-5-12(6-8-13)20-18(21)16-9-10-17(26-16)19(22)23/h2-8,11,16-17H,9-10H2,1H3,(H,20,21)(H,22,23)/t16-,17+/m0/s1. The van der Waals surface area contributed by atoms with Crippen LogP contribution >= 0.6 is 0 Å². The number of carbonyl (C=O) groups is 2. The molecule has 2 atom stereocenters. The van der Waals surface area contributed by atoms with Crippen molar-refractivity contribution in [1.29, 1.82) is 0 Å². The van der Waals surface area contributed by atoms with Crippen LogP contribution < -0.4 is 14.8 Å². The molecule has 1 saturated heterocycles. The number of ether oxygens (including phenoxy) is 3. The van der Waals surface area contributed by atoms with Gasteiger partial charge in [-0.05, 0) is 49.2 Å². The average molecular weight is 357 g/mol. The molecule has 1 fully saturated rings. The molecule has 136 valence electrons. The fourth-order valence-corrected chi connectivity index (χ4v) is 2.64. The molecule has 1 heterocycles. The summed E-state index contributed by atoms with van der Waals surface area (Å²) in [5.74, 6) is 0.552. The van der Waals surface area contributed by atoms with Crippen molar-refractivity contribution in [3.8, 4) is 17.2 Å². The molecular formula is C19H19NO6. The lowest BCUT2D eigenvalue weighted by Gasteiger charge is -2.12. The van der Waals surface area contributed by atoms with Crippen molar-refractivity contribution in [1.82, 2.24) is 0 Å². The van der Waals surface area contributed by atoms with Gasteiger partial charge in [0.1, 0.15) is 23.4 Å². The van der Waals surface area contributed by atoms with Gasteiger partial charge in [-0.1, -0.05) is 6.07 Å². The average Bonchev–Trinajstić information content (AvgIpc) is 3.14. The number of carboxylic acids is 1. The first-order chi connectivity index (χ1) is 12.5. The molecule has 3 rings (SSSR count). The number of methoxy groups -OCH3 is 1. The van der Waals surface area contributed by atoms with Crippen LogP contribution in [0.15, 0.2) is 48.5 Å². The summed E-state index contributed by atoms with van der Waals surface area (Å²) in [7, 11) is 1.59. The topological polar surface area (TPSA) is 94.1 Å². The Hall–Kier alpha value is -3.06. The molecule has 0 unspecified atom stereocenters. The maximum absolute atomic E-state index is 12.2. The van der Waals surface area contributed by atoms with Crippen LogP contribution in [0.2, 0.25) is 0 Å². The van der Waals surface area contributed by atoms with Crippen LogP contribution in [0.25, 0.3) is 0 Å². The second-order valence-electron chi connectivity index (χ2n) is 5.82. The van der Waals surface area contributed by atoms with Gasteiger partial charge in [-0.15, -0.1) is 0 Å². The quantitative estimate of drug-likeness (QED) is 0.825. The van der Waals surface area contributed by atoms with Gasteiger partial charge >= 0.3 is 5.97 Å². The molecule has 26 heavy (non-hydrogen) atoms. The molecule has 7 heteroatoms. The van der Waals surface area contributed by atoms with E-state index in [0.717, 1.165) is 0 Å². The molecule has 7 nitrogen and oxygen atoms in total. The first-order valence-corrected chi connectivity index (χ1v) is 8.16. The highest BCUT2D eigenvalue weighted by Gasteiger charge is 2.34. The SMILES string of the molecule is COc1cccc(Oc2ccc(NC(=O)[C@@H]3CC[C@H](C(=O)O)O3)cc2)c1. The number of nitrogens with one attached hydrogen (secondary N) is 1. The lowest BCUT2D eigenvalue weighted by molar-refractivity contribution is -0.150. The highest BCUT2D eigenvalue weighted by atomic mass is 16.5. The third-order valence-corrected chi connectivity index (χ3v) is 3.99. The number of hydrogen-bond donors (Lipinski definition) is 2. The minimum atomic E-state index is -1.04. The van der Waals surface area contributed by atoms with Crippen molar-refractivity contribution in [3.63, 3.8) is 0 Å². The summed E-state index contributed by atoms with van der Waals surface area (Å²) in [6, 6.07) is 14.1. The summed E-state index contributed by atoms with van der Waals surface area (Å²) in [5.41, 5.74) is 0.579. The van der Waals surface area contributed by atoms with Crippen molar-refractivity contribution in [2.45, 2.75) is 25.0 Å². The van der Waals surface area contributed by atoms with Crippen LogP contribution in [0, 0.1) is 0 Å². The third-order valence-electron chi connectivity index (χ3n) is 3.99. The largest absolute Gasteiger partial charge is 0.497 e. The summed E-state index contributed by atoms with van der Waals surface area (Å²) in [6.07, 6.45) is -0.936. The van der Waals surface area contributed by atoms with E-state index >= 15 is 0 Å². The van der Waals surface area contributed by atoms with E-state index < -0.39 is 18.2 Å². The Balaban J connectivity index is 1.57. The summed E-state index contributed by atoms with van der Waals surface area (Å²) in [5, 5.41) is 11.6. The zero-order valence-electron chi connectivity index (χ0n) is 14.2.